The molecule has 10 nitrogen and oxygen atoms in total. The summed E-state index contributed by atoms with van der Waals surface area (Å²) in [5.41, 5.74) is 7.13. The van der Waals surface area contributed by atoms with Crippen LogP contribution in [0.15, 0.2) is 67.4 Å². The number of anilines is 2. The monoisotopic (exact) mass is 666 g/mol. The normalized spacial score (nSPS) is 16.9. The predicted octanol–water partition coefficient (Wildman–Crippen LogP) is 5.59. The van der Waals surface area contributed by atoms with Crippen LogP contribution in [0.3, 0.4) is 0 Å². The third-order valence-corrected chi connectivity index (χ3v) is 8.38. The molecule has 1 aliphatic rings. The largest absolute Gasteiger partial charge is 0.494 e. The van der Waals surface area contributed by atoms with Crippen LogP contribution in [0.25, 0.3) is 22.3 Å². The van der Waals surface area contributed by atoms with Crippen LogP contribution in [0.1, 0.15) is 37.8 Å². The van der Waals surface area contributed by atoms with Crippen molar-refractivity contribution >= 4 is 22.8 Å². The van der Waals surface area contributed by atoms with Gasteiger partial charge in [-0.05, 0) is 30.5 Å². The Bertz CT molecular complexity index is 1840. The summed E-state index contributed by atoms with van der Waals surface area (Å²) in [5, 5.41) is 14.1. The molecule has 1 aliphatic heterocycles. The highest BCUT2D eigenvalue weighted by atomic mass is 19.3. The van der Waals surface area contributed by atoms with Gasteiger partial charge in [-0.2, -0.15) is 0 Å². The van der Waals surface area contributed by atoms with Gasteiger partial charge in [0.25, 0.3) is 6.43 Å². The van der Waals surface area contributed by atoms with E-state index in [4.69, 9.17) is 10.5 Å². The predicted molar refractivity (Wildman–Crippen MR) is 176 cm³/mol. The van der Waals surface area contributed by atoms with E-state index in [0.717, 1.165) is 17.7 Å². The smallest absolute Gasteiger partial charge is 0.265 e. The third kappa shape index (κ3) is 7.04. The number of hydrogen-bond donors (Lipinski definition) is 3. The fraction of sp³-hybridized carbons (Fsp3) is 0.353. The molecule has 0 saturated carbocycles. The van der Waals surface area contributed by atoms with Crippen molar-refractivity contribution < 1.29 is 27.4 Å². The van der Waals surface area contributed by atoms with Crippen molar-refractivity contribution in [1.82, 2.24) is 29.8 Å². The van der Waals surface area contributed by atoms with Crippen LogP contribution in [0, 0.1) is 11.6 Å². The van der Waals surface area contributed by atoms with E-state index in [1.807, 2.05) is 49.1 Å². The lowest BCUT2D eigenvalue weighted by atomic mass is 9.83. The first kappa shape index (κ1) is 34.5. The number of aliphatic hydroxyl groups is 1. The topological polar surface area (TPSA) is 127 Å². The number of methoxy groups -OCH3 is 1. The molecule has 14 heteroatoms. The van der Waals surface area contributed by atoms with Crippen LogP contribution in [0.4, 0.5) is 29.2 Å². The number of aromatic nitrogens is 5. The number of nitrogen functional groups attached to an aromatic ring is 1. The van der Waals surface area contributed by atoms with Gasteiger partial charge in [0, 0.05) is 48.6 Å². The summed E-state index contributed by atoms with van der Waals surface area (Å²) in [5.74, 6) is -1.08. The summed E-state index contributed by atoms with van der Waals surface area (Å²) in [4.78, 5) is 19.1. The quantitative estimate of drug-likeness (QED) is 0.164. The number of nitrogens with one attached hydrogen (secondary N) is 1. The summed E-state index contributed by atoms with van der Waals surface area (Å²) >= 11 is 0. The summed E-state index contributed by atoms with van der Waals surface area (Å²) in [6, 6.07) is 13.0. The first-order valence-corrected chi connectivity index (χ1v) is 15.6. The highest BCUT2D eigenvalue weighted by Crippen LogP contribution is 2.35. The molecule has 6 rings (SSSR count). The molecule has 0 radical (unpaired) electrons. The molecule has 4 heterocycles. The van der Waals surface area contributed by atoms with Crippen LogP contribution >= 0.6 is 0 Å². The molecule has 48 heavy (non-hydrogen) atoms. The Morgan fingerprint density at radius 2 is 1.81 bits per heavy atom. The molecule has 1 saturated heterocycles. The Morgan fingerprint density at radius 3 is 2.54 bits per heavy atom. The zero-order chi connectivity index (χ0) is 34.4. The van der Waals surface area contributed by atoms with Gasteiger partial charge < -0.3 is 30.4 Å². The van der Waals surface area contributed by atoms with Gasteiger partial charge >= 0.3 is 0 Å². The third-order valence-electron chi connectivity index (χ3n) is 8.38. The van der Waals surface area contributed by atoms with Crippen LogP contribution < -0.4 is 20.7 Å². The number of pyridine rings is 1. The van der Waals surface area contributed by atoms with Crippen molar-refractivity contribution in [2.45, 2.75) is 57.8 Å². The molecule has 4 N–H and O–H groups in total. The maximum atomic E-state index is 15.2. The minimum Gasteiger partial charge on any atom is -0.494 e. The number of hydrogen-bond acceptors (Lipinski definition) is 9. The van der Waals surface area contributed by atoms with E-state index < -0.39 is 29.7 Å². The van der Waals surface area contributed by atoms with E-state index in [9.17, 15) is 18.3 Å². The van der Waals surface area contributed by atoms with Crippen molar-refractivity contribution in [1.29, 1.82) is 0 Å². The lowest BCUT2D eigenvalue weighted by molar-refractivity contribution is -0.0658. The molecule has 5 aromatic rings. The molecule has 3 aromatic heterocycles. The molecule has 0 spiro atoms. The number of ether oxygens (including phenoxy) is 1. The van der Waals surface area contributed by atoms with Gasteiger partial charge in [0.2, 0.25) is 0 Å². The number of rotatable bonds is 10. The zero-order valence-electron chi connectivity index (χ0n) is 26.9. The highest BCUT2D eigenvalue weighted by molar-refractivity contribution is 5.81. The van der Waals surface area contributed by atoms with Gasteiger partial charge in [-0.15, -0.1) is 0 Å². The maximum Gasteiger partial charge on any atom is 0.265 e. The average molecular weight is 667 g/mol. The molecule has 0 bridgehead atoms. The van der Waals surface area contributed by atoms with Crippen molar-refractivity contribution in [3.8, 4) is 16.9 Å². The van der Waals surface area contributed by atoms with Gasteiger partial charge in [-0.25, -0.2) is 37.5 Å². The van der Waals surface area contributed by atoms with Gasteiger partial charge in [-0.3, -0.25) is 0 Å². The Kier molecular flexibility index (Phi) is 10.7. The zero-order valence-corrected chi connectivity index (χ0v) is 26.9. The number of benzene rings is 2. The standard InChI is InChI=1S/C32H32F4N8O2.C2H6/c1-46-25-12-23(33)22(11-24(25)34)20-10-21(15-44-18-41-26-29(37)39-17-40-31(26)44)30(38-14-20)43-9-5-8-32(16-43,27(45)28(35)36)42-13-19-6-3-2-4-7-19;1-2/h2-4,6-7,10-12,14,17-18,27-28,42,45H,5,8-9,13,15-16H2,1H3,(H2,37,39,40);1-2H3. The van der Waals surface area contributed by atoms with E-state index in [1.165, 1.54) is 26.0 Å². The van der Waals surface area contributed by atoms with E-state index in [-0.39, 0.29) is 42.3 Å². The molecule has 0 amide bonds. The first-order valence-electron chi connectivity index (χ1n) is 15.6. The Morgan fingerprint density at radius 1 is 1.04 bits per heavy atom. The SMILES string of the molecule is CC.COc1cc(F)c(-c2cnc(N3CCCC(NCc4ccccc4)(C(O)C(F)F)C3)c(Cn3cnc4c(N)ncnc43)c2)cc1F. The lowest BCUT2D eigenvalue weighted by Crippen LogP contribution is -2.65. The number of nitrogens with zero attached hydrogens (tertiary/aromatic N) is 6. The maximum absolute atomic E-state index is 15.2. The molecular formula is C34H38F4N8O2. The van der Waals surface area contributed by atoms with E-state index in [2.05, 4.69) is 25.3 Å². The van der Waals surface area contributed by atoms with Gasteiger partial charge in [0.1, 0.15) is 29.6 Å². The van der Waals surface area contributed by atoms with Crippen molar-refractivity contribution in [2.24, 2.45) is 0 Å². The number of fused-ring (bicyclic) bond motifs is 1. The van der Waals surface area contributed by atoms with Crippen LogP contribution in [-0.4, -0.2) is 67.9 Å². The van der Waals surface area contributed by atoms with E-state index in [0.29, 0.717) is 41.9 Å². The van der Waals surface area contributed by atoms with Gasteiger partial charge in [0.15, 0.2) is 23.0 Å². The number of imidazole rings is 1. The number of alkyl halides is 2. The molecule has 254 valence electrons. The second-order valence-electron chi connectivity index (χ2n) is 11.3. The second kappa shape index (κ2) is 14.9. The van der Waals surface area contributed by atoms with Crippen molar-refractivity contribution in [2.75, 3.05) is 30.8 Å². The Hall–Kier alpha value is -4.82. The summed E-state index contributed by atoms with van der Waals surface area (Å²) in [7, 11) is 1.25. The minimum absolute atomic E-state index is 0.00993. The summed E-state index contributed by atoms with van der Waals surface area (Å²) in [6.45, 7) is 4.86. The molecule has 2 unspecified atom stereocenters. The summed E-state index contributed by atoms with van der Waals surface area (Å²) in [6.07, 6.45) is 0.0703. The second-order valence-corrected chi connectivity index (χ2v) is 11.3. The fourth-order valence-corrected chi connectivity index (χ4v) is 6.03. The molecule has 1 fully saturated rings. The van der Waals surface area contributed by atoms with Crippen molar-refractivity contribution in [3.05, 3.63) is 90.1 Å². The molecule has 2 aromatic carbocycles. The minimum atomic E-state index is -2.99. The van der Waals surface area contributed by atoms with Crippen LogP contribution in [0.5, 0.6) is 5.75 Å². The number of halogens is 4. The van der Waals surface area contributed by atoms with Gasteiger partial charge in [0.05, 0.1) is 25.5 Å². The first-order chi connectivity index (χ1) is 23.2. The Balaban J connectivity index is 0.00000221. The average Bonchev–Trinajstić information content (AvgIpc) is 3.53. The van der Waals surface area contributed by atoms with E-state index in [1.54, 1.807) is 10.6 Å². The van der Waals surface area contributed by atoms with Gasteiger partial charge in [-0.1, -0.05) is 44.2 Å². The molecular weight excluding hydrogens is 628 g/mol. The van der Waals surface area contributed by atoms with E-state index >= 15 is 4.39 Å². The number of piperidine rings is 1. The number of aliphatic hydroxyl groups excluding tert-OH is 1. The van der Waals surface area contributed by atoms with Crippen LogP contribution in [0.2, 0.25) is 0 Å². The molecule has 2 atom stereocenters. The van der Waals surface area contributed by atoms with Crippen molar-refractivity contribution in [3.63, 3.8) is 0 Å². The lowest BCUT2D eigenvalue weighted by Gasteiger charge is -2.46. The number of nitrogens with two attached hydrogens (primary N) is 1. The van der Waals surface area contributed by atoms with Crippen LogP contribution in [-0.2, 0) is 13.1 Å². The highest BCUT2D eigenvalue weighted by Gasteiger charge is 2.46. The molecule has 0 aliphatic carbocycles. The fourth-order valence-electron chi connectivity index (χ4n) is 6.03. The summed E-state index contributed by atoms with van der Waals surface area (Å²) < 4.78 is 64.8. The Labute approximate surface area is 275 Å².